The van der Waals surface area contributed by atoms with Crippen molar-refractivity contribution in [1.29, 1.82) is 0 Å². The van der Waals surface area contributed by atoms with Crippen LogP contribution in [-0.4, -0.2) is 36.1 Å². The summed E-state index contributed by atoms with van der Waals surface area (Å²) in [6.45, 7) is 2.83. The molecule has 1 fully saturated rings. The molecule has 0 amide bonds. The molecule has 3 rings (SSSR count). The first kappa shape index (κ1) is 16.0. The maximum Gasteiger partial charge on any atom is 0.417 e. The zero-order chi connectivity index (χ0) is 16.4. The lowest BCUT2D eigenvalue weighted by Crippen LogP contribution is -2.47. The Balaban J connectivity index is 1.66. The number of pyridine rings is 2. The molecule has 8 heteroatoms. The second kappa shape index (κ2) is 6.35. The number of nitrogens with zero attached hydrogens (tertiary/aromatic N) is 4. The molecule has 1 saturated heterocycles. The van der Waals surface area contributed by atoms with Crippen molar-refractivity contribution in [3.8, 4) is 0 Å². The Morgan fingerprint density at radius 3 is 2.22 bits per heavy atom. The predicted octanol–water partition coefficient (Wildman–Crippen LogP) is 3.58. The topological polar surface area (TPSA) is 32.3 Å². The summed E-state index contributed by atoms with van der Waals surface area (Å²) in [6.07, 6.45) is -1.73. The lowest BCUT2D eigenvalue weighted by Gasteiger charge is -2.36. The maximum absolute atomic E-state index is 12.6. The molecule has 3 heterocycles. The van der Waals surface area contributed by atoms with Crippen molar-refractivity contribution in [3.63, 3.8) is 0 Å². The molecule has 1 aliphatic rings. The van der Waals surface area contributed by atoms with Crippen molar-refractivity contribution < 1.29 is 13.2 Å². The van der Waals surface area contributed by atoms with Crippen LogP contribution in [0.15, 0.2) is 41.1 Å². The molecule has 2 aromatic heterocycles. The van der Waals surface area contributed by atoms with E-state index in [1.165, 1.54) is 6.07 Å². The van der Waals surface area contributed by atoms with Crippen LogP contribution in [0.4, 0.5) is 24.8 Å². The van der Waals surface area contributed by atoms with E-state index in [2.05, 4.69) is 30.8 Å². The smallest absolute Gasteiger partial charge is 0.353 e. The Hall–Kier alpha value is -1.83. The van der Waals surface area contributed by atoms with Gasteiger partial charge in [0.1, 0.15) is 11.6 Å². The van der Waals surface area contributed by atoms with Gasteiger partial charge >= 0.3 is 6.18 Å². The zero-order valence-electron chi connectivity index (χ0n) is 12.1. The van der Waals surface area contributed by atoms with Gasteiger partial charge in [-0.25, -0.2) is 9.97 Å². The molecule has 0 bridgehead atoms. The Morgan fingerprint density at radius 1 is 0.957 bits per heavy atom. The molecule has 2 aromatic rings. The van der Waals surface area contributed by atoms with Crippen molar-refractivity contribution >= 4 is 27.6 Å². The summed E-state index contributed by atoms with van der Waals surface area (Å²) in [6, 6.07) is 6.29. The first-order valence-corrected chi connectivity index (χ1v) is 7.88. The molecule has 0 spiro atoms. The fraction of sp³-hybridized carbons (Fsp3) is 0.333. The number of hydrogen-bond donors (Lipinski definition) is 0. The lowest BCUT2D eigenvalue weighted by atomic mass is 10.2. The molecule has 23 heavy (non-hydrogen) atoms. The number of hydrogen-bond acceptors (Lipinski definition) is 4. The minimum Gasteiger partial charge on any atom is -0.353 e. The van der Waals surface area contributed by atoms with Gasteiger partial charge in [0.2, 0.25) is 0 Å². The second-order valence-electron chi connectivity index (χ2n) is 5.19. The van der Waals surface area contributed by atoms with Gasteiger partial charge in [0.25, 0.3) is 0 Å². The van der Waals surface area contributed by atoms with E-state index in [0.717, 1.165) is 35.6 Å². The molecule has 4 nitrogen and oxygen atoms in total. The van der Waals surface area contributed by atoms with Crippen LogP contribution in [0.2, 0.25) is 0 Å². The van der Waals surface area contributed by atoms with Gasteiger partial charge in [0.05, 0.1) is 10.0 Å². The molecular weight excluding hydrogens is 373 g/mol. The van der Waals surface area contributed by atoms with E-state index >= 15 is 0 Å². The SMILES string of the molecule is FC(F)(F)c1ccc(N2CCN(c3ncccc3Br)CC2)nc1. The van der Waals surface area contributed by atoms with Gasteiger partial charge in [-0.05, 0) is 40.2 Å². The van der Waals surface area contributed by atoms with E-state index in [-0.39, 0.29) is 0 Å². The third-order valence-electron chi connectivity index (χ3n) is 3.72. The first-order chi connectivity index (χ1) is 10.9. The van der Waals surface area contributed by atoms with Crippen molar-refractivity contribution in [3.05, 3.63) is 46.7 Å². The first-order valence-electron chi connectivity index (χ1n) is 7.09. The van der Waals surface area contributed by atoms with Gasteiger partial charge in [-0.2, -0.15) is 13.2 Å². The van der Waals surface area contributed by atoms with Crippen LogP contribution in [0.1, 0.15) is 5.56 Å². The number of piperazine rings is 1. The molecule has 0 N–H and O–H groups in total. The normalized spacial score (nSPS) is 15.8. The molecule has 1 aliphatic heterocycles. The summed E-state index contributed by atoms with van der Waals surface area (Å²) in [5.74, 6) is 1.45. The monoisotopic (exact) mass is 386 g/mol. The maximum atomic E-state index is 12.6. The molecule has 0 aliphatic carbocycles. The van der Waals surface area contributed by atoms with Crippen LogP contribution in [0, 0.1) is 0 Å². The van der Waals surface area contributed by atoms with Crippen molar-refractivity contribution in [2.75, 3.05) is 36.0 Å². The average molecular weight is 387 g/mol. The molecule has 0 radical (unpaired) electrons. The summed E-state index contributed by atoms with van der Waals surface area (Å²) in [4.78, 5) is 12.4. The zero-order valence-corrected chi connectivity index (χ0v) is 13.7. The Bertz CT molecular complexity index is 667. The van der Waals surface area contributed by atoms with Crippen LogP contribution in [0.25, 0.3) is 0 Å². The third kappa shape index (κ3) is 3.57. The molecule has 122 valence electrons. The van der Waals surface area contributed by atoms with E-state index in [9.17, 15) is 13.2 Å². The Labute approximate surface area is 140 Å². The minimum absolute atomic E-state index is 0.567. The Morgan fingerprint density at radius 2 is 1.65 bits per heavy atom. The highest BCUT2D eigenvalue weighted by Crippen LogP contribution is 2.30. The summed E-state index contributed by atoms with van der Waals surface area (Å²) < 4.78 is 38.6. The summed E-state index contributed by atoms with van der Waals surface area (Å²) in [5, 5.41) is 0. The number of rotatable bonds is 2. The molecule has 0 saturated carbocycles. The summed E-state index contributed by atoms with van der Waals surface area (Å²) in [5.41, 5.74) is -0.725. The highest BCUT2D eigenvalue weighted by molar-refractivity contribution is 9.10. The van der Waals surface area contributed by atoms with E-state index < -0.39 is 11.7 Å². The summed E-state index contributed by atoms with van der Waals surface area (Å²) >= 11 is 3.48. The second-order valence-corrected chi connectivity index (χ2v) is 6.04. The largest absolute Gasteiger partial charge is 0.417 e. The standard InChI is InChI=1S/C15H14BrF3N4/c16-12-2-1-5-20-14(12)23-8-6-22(7-9-23)13-4-3-11(10-21-13)15(17,18)19/h1-5,10H,6-9H2. The molecular formula is C15H14BrF3N4. The van der Waals surface area contributed by atoms with Crippen LogP contribution in [0.3, 0.4) is 0 Å². The van der Waals surface area contributed by atoms with Crippen molar-refractivity contribution in [1.82, 2.24) is 9.97 Å². The van der Waals surface area contributed by atoms with Crippen LogP contribution < -0.4 is 9.80 Å². The number of alkyl halides is 3. The third-order valence-corrected chi connectivity index (χ3v) is 4.34. The van der Waals surface area contributed by atoms with E-state index in [1.807, 2.05) is 17.0 Å². The molecule has 0 unspecified atom stereocenters. The van der Waals surface area contributed by atoms with Gasteiger partial charge in [-0.15, -0.1) is 0 Å². The summed E-state index contributed by atoms with van der Waals surface area (Å²) in [7, 11) is 0. The highest BCUT2D eigenvalue weighted by atomic mass is 79.9. The van der Waals surface area contributed by atoms with Crippen LogP contribution in [-0.2, 0) is 6.18 Å². The number of halogens is 4. The number of anilines is 2. The predicted molar refractivity (Wildman–Crippen MR) is 85.6 cm³/mol. The van der Waals surface area contributed by atoms with Crippen molar-refractivity contribution in [2.24, 2.45) is 0 Å². The van der Waals surface area contributed by atoms with E-state index in [0.29, 0.717) is 18.9 Å². The highest BCUT2D eigenvalue weighted by Gasteiger charge is 2.31. The fourth-order valence-electron chi connectivity index (χ4n) is 2.50. The molecule has 0 aromatic carbocycles. The van der Waals surface area contributed by atoms with Gasteiger partial charge < -0.3 is 9.80 Å². The van der Waals surface area contributed by atoms with E-state index in [4.69, 9.17) is 0 Å². The van der Waals surface area contributed by atoms with Gasteiger partial charge in [-0.3, -0.25) is 0 Å². The average Bonchev–Trinajstić information content (AvgIpc) is 2.55. The number of aromatic nitrogens is 2. The molecule has 0 atom stereocenters. The van der Waals surface area contributed by atoms with Crippen LogP contribution in [0.5, 0.6) is 0 Å². The quantitative estimate of drug-likeness (QED) is 0.789. The lowest BCUT2D eigenvalue weighted by molar-refractivity contribution is -0.137. The fourth-order valence-corrected chi connectivity index (χ4v) is 3.00. The van der Waals surface area contributed by atoms with E-state index in [1.54, 1.807) is 6.20 Å². The van der Waals surface area contributed by atoms with Gasteiger partial charge in [-0.1, -0.05) is 0 Å². The van der Waals surface area contributed by atoms with Crippen molar-refractivity contribution in [2.45, 2.75) is 6.18 Å². The van der Waals surface area contributed by atoms with Gasteiger partial charge in [0, 0.05) is 38.6 Å². The van der Waals surface area contributed by atoms with Gasteiger partial charge in [0.15, 0.2) is 0 Å². The Kier molecular flexibility index (Phi) is 4.43. The van der Waals surface area contributed by atoms with Crippen LogP contribution >= 0.6 is 15.9 Å². The minimum atomic E-state index is -4.35.